The van der Waals surface area contributed by atoms with Crippen molar-refractivity contribution >= 4 is 17.9 Å². The largest absolute Gasteiger partial charge is 0.457 e. The average molecular weight is 278 g/mol. The second-order valence-electron chi connectivity index (χ2n) is 6.13. The van der Waals surface area contributed by atoms with E-state index < -0.39 is 17.2 Å². The fraction of sp³-hybridized carbons (Fsp3) is 0.467. The third-order valence-corrected chi connectivity index (χ3v) is 2.42. The van der Waals surface area contributed by atoms with Gasteiger partial charge in [-0.25, -0.2) is 9.78 Å². The summed E-state index contributed by atoms with van der Waals surface area (Å²) in [4.78, 5) is 15.6. The van der Waals surface area contributed by atoms with Crippen LogP contribution in [-0.4, -0.2) is 21.7 Å². The summed E-state index contributed by atoms with van der Waals surface area (Å²) in [5.41, 5.74) is 5.29. The van der Waals surface area contributed by atoms with Gasteiger partial charge in [-0.2, -0.15) is 0 Å². The summed E-state index contributed by atoms with van der Waals surface area (Å²) in [5.74, 6) is -0.161. The van der Waals surface area contributed by atoms with Crippen molar-refractivity contribution in [2.45, 2.75) is 45.8 Å². The second kappa shape index (κ2) is 5.63. The third kappa shape index (κ3) is 5.01. The highest BCUT2D eigenvalue weighted by Crippen LogP contribution is 2.25. The molecule has 1 heterocycles. The number of anilines is 1. The zero-order valence-electron chi connectivity index (χ0n) is 12.6. The van der Waals surface area contributed by atoms with Crippen LogP contribution in [0.3, 0.4) is 0 Å². The number of nitrogen functional groups attached to an aromatic ring is 1. The Morgan fingerprint density at radius 2 is 1.95 bits per heavy atom. The molecule has 0 aliphatic carbocycles. The molecule has 0 atom stereocenters. The van der Waals surface area contributed by atoms with Crippen molar-refractivity contribution in [2.24, 2.45) is 0 Å². The molecule has 0 bridgehead atoms. The maximum atomic E-state index is 11.6. The van der Waals surface area contributed by atoms with Crippen molar-refractivity contribution in [3.8, 4) is 0 Å². The Morgan fingerprint density at radius 1 is 1.35 bits per heavy atom. The lowest BCUT2D eigenvalue weighted by atomic mass is 9.97. The molecule has 0 saturated carbocycles. The van der Waals surface area contributed by atoms with Crippen LogP contribution in [0.5, 0.6) is 0 Å². The van der Waals surface area contributed by atoms with E-state index in [9.17, 15) is 9.90 Å². The van der Waals surface area contributed by atoms with Crippen LogP contribution >= 0.6 is 0 Å². The molecule has 0 unspecified atom stereocenters. The number of hydrogen-bond donors (Lipinski definition) is 2. The highest BCUT2D eigenvalue weighted by Gasteiger charge is 2.20. The number of aromatic nitrogens is 1. The first-order chi connectivity index (χ1) is 8.99. The lowest BCUT2D eigenvalue weighted by molar-refractivity contribution is -0.148. The first kappa shape index (κ1) is 16.2. The van der Waals surface area contributed by atoms with Gasteiger partial charge in [0.1, 0.15) is 11.4 Å². The fourth-order valence-electron chi connectivity index (χ4n) is 1.57. The smallest absolute Gasteiger partial charge is 0.331 e. The molecule has 3 N–H and O–H groups in total. The van der Waals surface area contributed by atoms with E-state index in [1.54, 1.807) is 46.8 Å². The Kier molecular flexibility index (Phi) is 4.55. The van der Waals surface area contributed by atoms with Crippen molar-refractivity contribution < 1.29 is 14.6 Å². The van der Waals surface area contributed by atoms with Gasteiger partial charge in [0, 0.05) is 17.8 Å². The maximum absolute atomic E-state index is 11.6. The number of carbonyl (C=O) groups is 1. The van der Waals surface area contributed by atoms with Crippen molar-refractivity contribution in [3.63, 3.8) is 0 Å². The molecule has 1 rings (SSSR count). The molecule has 1 aromatic rings. The van der Waals surface area contributed by atoms with Crippen molar-refractivity contribution in [2.75, 3.05) is 5.73 Å². The zero-order valence-corrected chi connectivity index (χ0v) is 12.6. The van der Waals surface area contributed by atoms with E-state index in [1.165, 1.54) is 12.3 Å². The summed E-state index contributed by atoms with van der Waals surface area (Å²) in [6, 6.07) is 1.70. The Balaban J connectivity index is 2.92. The Hall–Kier alpha value is -1.88. The van der Waals surface area contributed by atoms with Crippen LogP contribution in [0.15, 0.2) is 18.3 Å². The van der Waals surface area contributed by atoms with Crippen LogP contribution in [0.4, 0.5) is 5.82 Å². The summed E-state index contributed by atoms with van der Waals surface area (Å²) in [5, 5.41) is 9.99. The summed E-state index contributed by atoms with van der Waals surface area (Å²) in [7, 11) is 0. The van der Waals surface area contributed by atoms with Gasteiger partial charge in [0.15, 0.2) is 0 Å². The summed E-state index contributed by atoms with van der Waals surface area (Å²) in [6.45, 7) is 8.66. The minimum absolute atomic E-state index is 0.270. The SMILES string of the molecule is CC(C)(C)OC(=O)/C=C/c1cnc(N)c(C(C)(C)O)c1. The average Bonchev–Trinajstić information content (AvgIpc) is 2.24. The standard InChI is InChI=1S/C15H22N2O3/c1-14(2,3)20-12(18)7-6-10-8-11(15(4,5)19)13(16)17-9-10/h6-9,19H,1-5H3,(H2,16,17)/b7-6+. The molecule has 0 fully saturated rings. The summed E-state index contributed by atoms with van der Waals surface area (Å²) >= 11 is 0. The van der Waals surface area contributed by atoms with Crippen molar-refractivity contribution in [1.29, 1.82) is 0 Å². The van der Waals surface area contributed by atoms with Crippen LogP contribution in [0, 0.1) is 0 Å². The number of pyridine rings is 1. The van der Waals surface area contributed by atoms with Crippen LogP contribution in [-0.2, 0) is 15.1 Å². The molecular weight excluding hydrogens is 256 g/mol. The van der Waals surface area contributed by atoms with E-state index in [0.717, 1.165) is 0 Å². The number of nitrogens with two attached hydrogens (primary N) is 1. The van der Waals surface area contributed by atoms with Crippen LogP contribution < -0.4 is 5.73 Å². The number of nitrogens with zero attached hydrogens (tertiary/aromatic N) is 1. The van der Waals surface area contributed by atoms with Crippen LogP contribution in [0.1, 0.15) is 45.7 Å². The molecular formula is C15H22N2O3. The van der Waals surface area contributed by atoms with Gasteiger partial charge in [-0.3, -0.25) is 0 Å². The molecule has 1 aromatic heterocycles. The van der Waals surface area contributed by atoms with Crippen molar-refractivity contribution in [1.82, 2.24) is 4.98 Å². The quantitative estimate of drug-likeness (QED) is 0.654. The predicted octanol–water partition coefficient (Wildman–Crippen LogP) is 2.25. The van der Waals surface area contributed by atoms with Crippen molar-refractivity contribution in [3.05, 3.63) is 29.5 Å². The van der Waals surface area contributed by atoms with Gasteiger partial charge < -0.3 is 15.6 Å². The second-order valence-corrected chi connectivity index (χ2v) is 6.13. The molecule has 20 heavy (non-hydrogen) atoms. The highest BCUT2D eigenvalue weighted by molar-refractivity contribution is 5.87. The highest BCUT2D eigenvalue weighted by atomic mass is 16.6. The van der Waals surface area contributed by atoms with E-state index in [0.29, 0.717) is 11.1 Å². The molecule has 0 amide bonds. The van der Waals surface area contributed by atoms with E-state index in [1.807, 2.05) is 0 Å². The van der Waals surface area contributed by atoms with Gasteiger partial charge in [0.2, 0.25) is 0 Å². The monoisotopic (exact) mass is 278 g/mol. The van der Waals surface area contributed by atoms with Gasteiger partial charge in [0.25, 0.3) is 0 Å². The Labute approximate surface area is 119 Å². The summed E-state index contributed by atoms with van der Waals surface area (Å²) < 4.78 is 5.16. The molecule has 0 aliphatic heterocycles. The van der Waals surface area contributed by atoms with Crippen LogP contribution in [0.25, 0.3) is 6.08 Å². The lowest BCUT2D eigenvalue weighted by Gasteiger charge is -2.19. The van der Waals surface area contributed by atoms with E-state index in [4.69, 9.17) is 10.5 Å². The number of carbonyl (C=O) groups excluding carboxylic acids is 1. The molecule has 0 spiro atoms. The van der Waals surface area contributed by atoms with Gasteiger partial charge in [0.05, 0.1) is 5.60 Å². The van der Waals surface area contributed by atoms with Gasteiger partial charge in [-0.05, 0) is 52.3 Å². The molecule has 5 heteroatoms. The van der Waals surface area contributed by atoms with Gasteiger partial charge in [-0.1, -0.05) is 0 Å². The Morgan fingerprint density at radius 3 is 2.45 bits per heavy atom. The van der Waals surface area contributed by atoms with E-state index >= 15 is 0 Å². The number of hydrogen-bond acceptors (Lipinski definition) is 5. The minimum atomic E-state index is -1.09. The van der Waals surface area contributed by atoms with Crippen LogP contribution in [0.2, 0.25) is 0 Å². The first-order valence-corrected chi connectivity index (χ1v) is 6.38. The normalized spacial score (nSPS) is 12.7. The molecule has 0 aromatic carbocycles. The molecule has 110 valence electrons. The zero-order chi connectivity index (χ0) is 15.6. The maximum Gasteiger partial charge on any atom is 0.331 e. The third-order valence-electron chi connectivity index (χ3n) is 2.42. The van der Waals surface area contributed by atoms with E-state index in [-0.39, 0.29) is 5.82 Å². The molecule has 5 nitrogen and oxygen atoms in total. The van der Waals surface area contributed by atoms with E-state index in [2.05, 4.69) is 4.98 Å². The molecule has 0 aliphatic rings. The number of aliphatic hydroxyl groups is 1. The Bertz CT molecular complexity index is 523. The topological polar surface area (TPSA) is 85.4 Å². The van der Waals surface area contributed by atoms with Gasteiger partial charge >= 0.3 is 5.97 Å². The molecule has 0 saturated heterocycles. The minimum Gasteiger partial charge on any atom is -0.457 e. The number of ether oxygens (including phenoxy) is 1. The summed E-state index contributed by atoms with van der Waals surface area (Å²) in [6.07, 6.45) is 4.44. The van der Waals surface area contributed by atoms with Gasteiger partial charge in [-0.15, -0.1) is 0 Å². The molecule has 0 radical (unpaired) electrons. The fourth-order valence-corrected chi connectivity index (χ4v) is 1.57. The number of esters is 1. The number of rotatable bonds is 3. The first-order valence-electron chi connectivity index (χ1n) is 6.38. The lowest BCUT2D eigenvalue weighted by Crippen LogP contribution is -2.22. The predicted molar refractivity (Wildman–Crippen MR) is 78.8 cm³/mol.